The monoisotopic (exact) mass is 1060 g/mol. The molecule has 0 aliphatic rings. The Balaban J connectivity index is 0.860. The minimum atomic E-state index is -2.66. The van der Waals surface area contributed by atoms with Gasteiger partial charge in [0, 0.05) is 49.4 Å². The Morgan fingerprint density at radius 2 is 0.500 bits per heavy atom. The Bertz CT molecular complexity index is 4910. The van der Waals surface area contributed by atoms with Crippen molar-refractivity contribution in [1.29, 1.82) is 0 Å². The highest BCUT2D eigenvalue weighted by atomic mass is 28.3. The molecule has 0 radical (unpaired) electrons. The molecule has 0 spiro atoms. The molecule has 3 aromatic heterocycles. The molecule has 3 nitrogen and oxygen atoms in total. The molecule has 16 rings (SSSR count). The molecule has 0 saturated heterocycles. The molecule has 4 heteroatoms. The third-order valence-electron chi connectivity index (χ3n) is 17.2. The van der Waals surface area contributed by atoms with Crippen molar-refractivity contribution in [3.05, 3.63) is 322 Å². The second kappa shape index (κ2) is 19.4. The quantitative estimate of drug-likeness (QED) is 0.0958. The Labute approximate surface area is 477 Å². The molecule has 384 valence electrons. The lowest BCUT2D eigenvalue weighted by Gasteiger charge is -2.34. The van der Waals surface area contributed by atoms with Gasteiger partial charge in [-0.3, -0.25) is 0 Å². The van der Waals surface area contributed by atoms with Crippen LogP contribution in [0.2, 0.25) is 0 Å². The number of para-hydroxylation sites is 4. The first-order chi connectivity index (χ1) is 40.7. The Kier molecular flexibility index (Phi) is 11.2. The summed E-state index contributed by atoms with van der Waals surface area (Å²) in [5.74, 6) is 0. The zero-order valence-electron chi connectivity index (χ0n) is 44.9. The fourth-order valence-electron chi connectivity index (χ4n) is 13.5. The van der Waals surface area contributed by atoms with E-state index in [1.807, 2.05) is 0 Å². The van der Waals surface area contributed by atoms with E-state index < -0.39 is 8.07 Å². The van der Waals surface area contributed by atoms with Crippen molar-refractivity contribution < 1.29 is 0 Å². The molecule has 0 atom stereocenters. The molecule has 0 saturated carbocycles. The van der Waals surface area contributed by atoms with Crippen LogP contribution in [0.1, 0.15) is 0 Å². The van der Waals surface area contributed by atoms with Crippen LogP contribution in [-0.2, 0) is 0 Å². The first-order valence-electron chi connectivity index (χ1n) is 28.3. The predicted octanol–water partition coefficient (Wildman–Crippen LogP) is 17.4. The maximum absolute atomic E-state index is 2.66. The van der Waals surface area contributed by atoms with Gasteiger partial charge in [-0.1, -0.05) is 255 Å². The smallest absolute Gasteiger partial charge is 0.179 e. The molecule has 3 heterocycles. The number of aromatic nitrogens is 3. The third kappa shape index (κ3) is 7.57. The summed E-state index contributed by atoms with van der Waals surface area (Å²) < 4.78 is 7.40. The van der Waals surface area contributed by atoms with Crippen LogP contribution < -0.4 is 20.7 Å². The number of rotatable bonds is 10. The molecular formula is C78H53N3Si. The van der Waals surface area contributed by atoms with Gasteiger partial charge in [-0.25, -0.2) is 0 Å². The fraction of sp³-hybridized carbons (Fsp3) is 0. The summed E-state index contributed by atoms with van der Waals surface area (Å²) in [4.78, 5) is 0. The van der Waals surface area contributed by atoms with E-state index in [1.165, 1.54) is 97.4 Å². The second-order valence-electron chi connectivity index (χ2n) is 21.6. The number of benzene rings is 13. The zero-order chi connectivity index (χ0) is 54.1. The highest BCUT2D eigenvalue weighted by Gasteiger charge is 2.41. The summed E-state index contributed by atoms with van der Waals surface area (Å²) in [5, 5.41) is 12.8. The van der Waals surface area contributed by atoms with Crippen molar-refractivity contribution in [3.8, 4) is 50.4 Å². The molecule has 0 aliphatic heterocycles. The van der Waals surface area contributed by atoms with Crippen LogP contribution in [0.3, 0.4) is 0 Å². The SMILES string of the molecule is c1ccc(-c2ccc3c(c2)c2ccccc2n3-c2ccc3c4ccccc4n(-c4cc(-c5ccc(-c6ccc([Si](c7ccccc7)(c7ccccc7)c7ccccc7)cc6)cc5)cc(-n5c6ccccc6c6ccccc65)c4)c3c2)cc1. The molecule has 0 unspecified atom stereocenters. The van der Waals surface area contributed by atoms with Crippen LogP contribution >= 0.6 is 0 Å². The van der Waals surface area contributed by atoms with Gasteiger partial charge in [0.25, 0.3) is 0 Å². The van der Waals surface area contributed by atoms with Crippen LogP contribution in [0.15, 0.2) is 322 Å². The summed E-state index contributed by atoms with van der Waals surface area (Å²) in [7, 11) is -2.66. The lowest BCUT2D eigenvalue weighted by Crippen LogP contribution is -2.74. The highest BCUT2D eigenvalue weighted by molar-refractivity contribution is 7.19. The molecule has 0 N–H and O–H groups in total. The van der Waals surface area contributed by atoms with E-state index in [2.05, 4.69) is 335 Å². The van der Waals surface area contributed by atoms with Gasteiger partial charge in [0.15, 0.2) is 8.07 Å². The lowest BCUT2D eigenvalue weighted by atomic mass is 9.99. The molecule has 0 bridgehead atoms. The second-order valence-corrected chi connectivity index (χ2v) is 25.4. The first kappa shape index (κ1) is 47.5. The van der Waals surface area contributed by atoms with Crippen molar-refractivity contribution in [1.82, 2.24) is 13.7 Å². The summed E-state index contributed by atoms with van der Waals surface area (Å²) in [6, 6.07) is 119. The largest absolute Gasteiger partial charge is 0.309 e. The van der Waals surface area contributed by atoms with Gasteiger partial charge >= 0.3 is 0 Å². The van der Waals surface area contributed by atoms with E-state index in [9.17, 15) is 0 Å². The zero-order valence-corrected chi connectivity index (χ0v) is 45.9. The molecule has 82 heavy (non-hydrogen) atoms. The lowest BCUT2D eigenvalue weighted by molar-refractivity contribution is 1.13. The van der Waals surface area contributed by atoms with Crippen LogP contribution in [0.4, 0.5) is 0 Å². The minimum Gasteiger partial charge on any atom is -0.309 e. The Hall–Kier alpha value is -10.5. The van der Waals surface area contributed by atoms with Crippen molar-refractivity contribution in [2.75, 3.05) is 0 Å². The van der Waals surface area contributed by atoms with Crippen molar-refractivity contribution in [2.24, 2.45) is 0 Å². The maximum atomic E-state index is 2.50. The van der Waals surface area contributed by atoms with E-state index in [4.69, 9.17) is 0 Å². The number of hydrogen-bond donors (Lipinski definition) is 0. The predicted molar refractivity (Wildman–Crippen MR) is 349 cm³/mol. The highest BCUT2D eigenvalue weighted by Crippen LogP contribution is 2.41. The third-order valence-corrected chi connectivity index (χ3v) is 22.0. The van der Waals surface area contributed by atoms with Crippen molar-refractivity contribution in [3.63, 3.8) is 0 Å². The average Bonchev–Trinajstić information content (AvgIpc) is 4.37. The summed E-state index contributed by atoms with van der Waals surface area (Å²) >= 11 is 0. The number of nitrogens with zero attached hydrogens (tertiary/aromatic N) is 3. The van der Waals surface area contributed by atoms with Crippen molar-refractivity contribution >= 4 is 94.2 Å². The molecule has 0 fully saturated rings. The molecular weight excluding hydrogens is 1010 g/mol. The molecule has 0 amide bonds. The van der Waals surface area contributed by atoms with Gasteiger partial charge in [0.05, 0.1) is 33.1 Å². The topological polar surface area (TPSA) is 14.8 Å². The van der Waals surface area contributed by atoms with Gasteiger partial charge in [0.2, 0.25) is 0 Å². The summed E-state index contributed by atoms with van der Waals surface area (Å²) in [6.45, 7) is 0. The van der Waals surface area contributed by atoms with Crippen LogP contribution in [0.25, 0.3) is 116 Å². The van der Waals surface area contributed by atoms with E-state index in [1.54, 1.807) is 0 Å². The van der Waals surface area contributed by atoms with Gasteiger partial charge in [0.1, 0.15) is 0 Å². The van der Waals surface area contributed by atoms with E-state index >= 15 is 0 Å². The first-order valence-corrected chi connectivity index (χ1v) is 30.3. The summed E-state index contributed by atoms with van der Waals surface area (Å²) in [5.41, 5.74) is 17.4. The van der Waals surface area contributed by atoms with Gasteiger partial charge in [-0.15, -0.1) is 0 Å². The van der Waals surface area contributed by atoms with E-state index in [-0.39, 0.29) is 0 Å². The number of fused-ring (bicyclic) bond motifs is 9. The molecule has 13 aromatic carbocycles. The molecule has 0 aliphatic carbocycles. The molecule has 16 aromatic rings. The van der Waals surface area contributed by atoms with E-state index in [0.717, 1.165) is 39.2 Å². The fourth-order valence-corrected chi connectivity index (χ4v) is 18.2. The standard InChI is InChI=1S/C78H53N3Si/c1-5-21-54(22-6-1)58-43-48-77-72(51-58)70-32-16-20-36-76(70)79(77)60-44-47-71-69-31-15-19-35-75(69)81(78(71)53-60)62-50-59(49-61(52-62)80-73-33-17-13-29-67(73)68-30-14-18-34-74(68)80)57-39-37-55(38-40-57)56-41-45-66(46-42-56)82(63-23-7-2-8-24-63,64-25-9-3-10-26-64)65-27-11-4-12-28-65/h1-53H. The van der Waals surface area contributed by atoms with E-state index in [0.29, 0.717) is 0 Å². The summed E-state index contributed by atoms with van der Waals surface area (Å²) in [6.07, 6.45) is 0. The normalized spacial score (nSPS) is 11.9. The number of hydrogen-bond acceptors (Lipinski definition) is 0. The average molecular weight is 1060 g/mol. The maximum Gasteiger partial charge on any atom is 0.179 e. The van der Waals surface area contributed by atoms with Crippen LogP contribution in [0, 0.1) is 0 Å². The van der Waals surface area contributed by atoms with Crippen LogP contribution in [-0.4, -0.2) is 21.8 Å². The Morgan fingerprint density at radius 3 is 0.988 bits per heavy atom. The Morgan fingerprint density at radius 1 is 0.171 bits per heavy atom. The minimum absolute atomic E-state index is 1.09. The van der Waals surface area contributed by atoms with Crippen LogP contribution in [0.5, 0.6) is 0 Å². The van der Waals surface area contributed by atoms with Crippen molar-refractivity contribution in [2.45, 2.75) is 0 Å². The van der Waals surface area contributed by atoms with Gasteiger partial charge < -0.3 is 13.7 Å². The van der Waals surface area contributed by atoms with Gasteiger partial charge in [-0.05, 0) is 121 Å². The van der Waals surface area contributed by atoms with Gasteiger partial charge in [-0.2, -0.15) is 0 Å².